The third-order valence-electron chi connectivity index (χ3n) is 3.13. The number of nitrogens with zero attached hydrogens (tertiary/aromatic N) is 1. The fourth-order valence-corrected chi connectivity index (χ4v) is 2.20. The van der Waals surface area contributed by atoms with Crippen LogP contribution in [-0.2, 0) is 4.79 Å². The van der Waals surface area contributed by atoms with Gasteiger partial charge >= 0.3 is 6.03 Å². The van der Waals surface area contributed by atoms with Crippen LogP contribution < -0.4 is 10.1 Å². The lowest BCUT2D eigenvalue weighted by molar-refractivity contribution is -0.128. The van der Waals surface area contributed by atoms with Crippen molar-refractivity contribution in [1.82, 2.24) is 10.2 Å². The number of para-hydroxylation sites is 1. The monoisotopic (exact) mass is 296 g/mol. The van der Waals surface area contributed by atoms with Gasteiger partial charge in [0.25, 0.3) is 5.91 Å². The Morgan fingerprint density at radius 2 is 2.05 bits per heavy atom. The third-order valence-corrected chi connectivity index (χ3v) is 3.44. The fourth-order valence-electron chi connectivity index (χ4n) is 2.01. The SMILES string of the molecule is CC(C)[C@H]1NC(=O)N(CCOc2ccccc2Cl)C1=O. The molecule has 1 aromatic rings. The molecule has 1 N–H and O–H groups in total. The molecule has 5 nitrogen and oxygen atoms in total. The molecule has 108 valence electrons. The van der Waals surface area contributed by atoms with Crippen molar-refractivity contribution >= 4 is 23.5 Å². The molecule has 20 heavy (non-hydrogen) atoms. The first-order chi connectivity index (χ1) is 9.50. The van der Waals surface area contributed by atoms with E-state index in [1.807, 2.05) is 19.9 Å². The van der Waals surface area contributed by atoms with Crippen molar-refractivity contribution in [2.75, 3.05) is 13.2 Å². The summed E-state index contributed by atoms with van der Waals surface area (Å²) in [6.45, 7) is 4.21. The van der Waals surface area contributed by atoms with Gasteiger partial charge < -0.3 is 10.1 Å². The molecule has 6 heteroatoms. The van der Waals surface area contributed by atoms with Crippen LogP contribution in [0.1, 0.15) is 13.8 Å². The number of amides is 3. The zero-order chi connectivity index (χ0) is 14.7. The van der Waals surface area contributed by atoms with Gasteiger partial charge in [-0.05, 0) is 18.1 Å². The molecule has 0 saturated carbocycles. The molecule has 0 aromatic heterocycles. The van der Waals surface area contributed by atoms with E-state index >= 15 is 0 Å². The molecule has 3 amide bonds. The maximum absolute atomic E-state index is 12.0. The number of halogens is 1. The van der Waals surface area contributed by atoms with Crippen LogP contribution in [0.2, 0.25) is 5.02 Å². The van der Waals surface area contributed by atoms with Crippen molar-refractivity contribution in [2.24, 2.45) is 5.92 Å². The summed E-state index contributed by atoms with van der Waals surface area (Å²) in [5.41, 5.74) is 0. The van der Waals surface area contributed by atoms with E-state index in [1.54, 1.807) is 18.2 Å². The van der Waals surface area contributed by atoms with Crippen molar-refractivity contribution in [2.45, 2.75) is 19.9 Å². The van der Waals surface area contributed by atoms with E-state index in [0.717, 1.165) is 0 Å². The fraction of sp³-hybridized carbons (Fsp3) is 0.429. The van der Waals surface area contributed by atoms with Crippen LogP contribution in [0.4, 0.5) is 4.79 Å². The first kappa shape index (κ1) is 14.7. The molecule has 0 aliphatic carbocycles. The van der Waals surface area contributed by atoms with Crippen molar-refractivity contribution < 1.29 is 14.3 Å². The second kappa shape index (κ2) is 6.13. The number of carbonyl (C=O) groups excluding carboxylic acids is 2. The summed E-state index contributed by atoms with van der Waals surface area (Å²) in [5, 5.41) is 3.17. The van der Waals surface area contributed by atoms with E-state index in [2.05, 4.69) is 5.32 Å². The molecular formula is C14H17ClN2O3. The number of ether oxygens (including phenoxy) is 1. The van der Waals surface area contributed by atoms with Gasteiger partial charge in [0.05, 0.1) is 11.6 Å². The number of carbonyl (C=O) groups is 2. The van der Waals surface area contributed by atoms with Gasteiger partial charge in [0.1, 0.15) is 18.4 Å². The predicted molar refractivity (Wildman–Crippen MR) is 75.8 cm³/mol. The molecule has 0 radical (unpaired) electrons. The normalized spacial score (nSPS) is 18.6. The van der Waals surface area contributed by atoms with Gasteiger partial charge in [-0.15, -0.1) is 0 Å². The van der Waals surface area contributed by atoms with Crippen molar-refractivity contribution in [3.63, 3.8) is 0 Å². The average molecular weight is 297 g/mol. The van der Waals surface area contributed by atoms with Gasteiger partial charge in [0.15, 0.2) is 0 Å². The molecule has 1 aliphatic rings. The Morgan fingerprint density at radius 3 is 2.65 bits per heavy atom. The predicted octanol–water partition coefficient (Wildman–Crippen LogP) is 2.30. The van der Waals surface area contributed by atoms with Crippen molar-refractivity contribution in [3.8, 4) is 5.75 Å². The lowest BCUT2D eigenvalue weighted by atomic mass is 10.1. The number of imide groups is 1. The van der Waals surface area contributed by atoms with Gasteiger partial charge in [0, 0.05) is 0 Å². The number of benzene rings is 1. The lowest BCUT2D eigenvalue weighted by Crippen LogP contribution is -2.36. The summed E-state index contributed by atoms with van der Waals surface area (Å²) in [5.74, 6) is 0.412. The average Bonchev–Trinajstić information content (AvgIpc) is 2.68. The van der Waals surface area contributed by atoms with Gasteiger partial charge in [0.2, 0.25) is 0 Å². The molecule has 2 rings (SSSR count). The minimum atomic E-state index is -0.442. The number of urea groups is 1. The van der Waals surface area contributed by atoms with Gasteiger partial charge in [-0.25, -0.2) is 4.79 Å². The number of rotatable bonds is 5. The quantitative estimate of drug-likeness (QED) is 0.848. The van der Waals surface area contributed by atoms with Crippen LogP contribution in [0.25, 0.3) is 0 Å². The van der Waals surface area contributed by atoms with E-state index in [1.165, 1.54) is 4.90 Å². The first-order valence-corrected chi connectivity index (χ1v) is 6.87. The highest BCUT2D eigenvalue weighted by molar-refractivity contribution is 6.32. The zero-order valence-corrected chi connectivity index (χ0v) is 12.2. The lowest BCUT2D eigenvalue weighted by Gasteiger charge is -2.15. The minimum absolute atomic E-state index is 0.0703. The number of nitrogens with one attached hydrogen (secondary N) is 1. The highest BCUT2D eigenvalue weighted by Crippen LogP contribution is 2.23. The van der Waals surface area contributed by atoms with Gasteiger partial charge in [-0.1, -0.05) is 37.6 Å². The molecule has 1 atom stereocenters. The number of hydrogen-bond donors (Lipinski definition) is 1. The Bertz CT molecular complexity index is 519. The molecule has 1 heterocycles. The molecule has 1 aromatic carbocycles. The highest BCUT2D eigenvalue weighted by Gasteiger charge is 2.39. The van der Waals surface area contributed by atoms with E-state index in [9.17, 15) is 9.59 Å². The van der Waals surface area contributed by atoms with E-state index in [-0.39, 0.29) is 31.0 Å². The number of hydrogen-bond acceptors (Lipinski definition) is 3. The summed E-state index contributed by atoms with van der Waals surface area (Å²) < 4.78 is 5.49. The zero-order valence-electron chi connectivity index (χ0n) is 11.4. The van der Waals surface area contributed by atoms with Crippen molar-refractivity contribution in [1.29, 1.82) is 0 Å². The van der Waals surface area contributed by atoms with Crippen LogP contribution in [0.15, 0.2) is 24.3 Å². The second-order valence-electron chi connectivity index (χ2n) is 4.94. The molecular weight excluding hydrogens is 280 g/mol. The topological polar surface area (TPSA) is 58.6 Å². The van der Waals surface area contributed by atoms with Crippen LogP contribution in [0.3, 0.4) is 0 Å². The molecule has 0 bridgehead atoms. The minimum Gasteiger partial charge on any atom is -0.490 e. The summed E-state index contributed by atoms with van der Waals surface area (Å²) >= 11 is 5.96. The molecule has 1 fully saturated rings. The van der Waals surface area contributed by atoms with Gasteiger partial charge in [-0.2, -0.15) is 0 Å². The summed E-state index contributed by atoms with van der Waals surface area (Å²) in [7, 11) is 0. The maximum atomic E-state index is 12.0. The second-order valence-corrected chi connectivity index (χ2v) is 5.35. The molecule has 1 saturated heterocycles. The summed E-state index contributed by atoms with van der Waals surface area (Å²) in [6, 6.07) is 6.27. The van der Waals surface area contributed by atoms with E-state index < -0.39 is 6.04 Å². The smallest absolute Gasteiger partial charge is 0.324 e. The van der Waals surface area contributed by atoms with Crippen LogP contribution in [0.5, 0.6) is 5.75 Å². The highest BCUT2D eigenvalue weighted by atomic mass is 35.5. The van der Waals surface area contributed by atoms with Crippen molar-refractivity contribution in [3.05, 3.63) is 29.3 Å². The Morgan fingerprint density at radius 1 is 1.35 bits per heavy atom. The van der Waals surface area contributed by atoms with Crippen LogP contribution in [-0.4, -0.2) is 36.0 Å². The Balaban J connectivity index is 1.90. The molecule has 0 spiro atoms. The Hall–Kier alpha value is -1.75. The van der Waals surface area contributed by atoms with Gasteiger partial charge in [-0.3, -0.25) is 9.69 Å². The standard InChI is InChI=1S/C14H17ClN2O3/c1-9(2)12-13(18)17(14(19)16-12)7-8-20-11-6-4-3-5-10(11)15/h3-6,9,12H,7-8H2,1-2H3,(H,16,19)/t12-/m1/s1. The summed E-state index contributed by atoms with van der Waals surface area (Å²) in [4.78, 5) is 24.9. The Kier molecular flexibility index (Phi) is 4.49. The molecule has 0 unspecified atom stereocenters. The van der Waals surface area contributed by atoms with Crippen LogP contribution in [0, 0.1) is 5.92 Å². The molecule has 1 aliphatic heterocycles. The van der Waals surface area contributed by atoms with E-state index in [0.29, 0.717) is 10.8 Å². The first-order valence-electron chi connectivity index (χ1n) is 6.50. The maximum Gasteiger partial charge on any atom is 0.324 e. The largest absolute Gasteiger partial charge is 0.490 e. The van der Waals surface area contributed by atoms with Crippen LogP contribution >= 0.6 is 11.6 Å². The summed E-state index contributed by atoms with van der Waals surface area (Å²) in [6.07, 6.45) is 0. The Labute approximate surface area is 122 Å². The van der Waals surface area contributed by atoms with E-state index in [4.69, 9.17) is 16.3 Å². The third kappa shape index (κ3) is 3.04.